The molecule has 2 heterocycles. The van der Waals surface area contributed by atoms with Gasteiger partial charge in [0.25, 0.3) is 0 Å². The number of halogens is 1. The van der Waals surface area contributed by atoms with Crippen molar-refractivity contribution in [3.63, 3.8) is 0 Å². The summed E-state index contributed by atoms with van der Waals surface area (Å²) < 4.78 is 1.43. The van der Waals surface area contributed by atoms with Gasteiger partial charge in [0, 0.05) is 12.7 Å². The van der Waals surface area contributed by atoms with Crippen molar-refractivity contribution in [1.29, 1.82) is 0 Å². The Labute approximate surface area is 106 Å². The molecule has 0 bridgehead atoms. The summed E-state index contributed by atoms with van der Waals surface area (Å²) in [6.07, 6.45) is 0. The maximum Gasteiger partial charge on any atom is 0.343 e. The molecule has 0 aliphatic rings. The van der Waals surface area contributed by atoms with Crippen LogP contribution >= 0.6 is 23.4 Å². The van der Waals surface area contributed by atoms with E-state index in [4.69, 9.17) is 11.6 Å². The van der Waals surface area contributed by atoms with E-state index in [9.17, 15) is 4.79 Å². The van der Waals surface area contributed by atoms with Crippen molar-refractivity contribution in [2.75, 3.05) is 0 Å². The normalized spacial score (nSPS) is 10.8. The lowest BCUT2D eigenvalue weighted by Gasteiger charge is -2.01. The average molecular weight is 272 g/mol. The Balaban J connectivity index is 2.12. The number of hydrogen-bond acceptors (Lipinski definition) is 5. The minimum Gasteiger partial charge on any atom is -0.273 e. The van der Waals surface area contributed by atoms with Crippen LogP contribution in [0.5, 0.6) is 0 Å². The first-order chi connectivity index (χ1) is 8.06. The smallest absolute Gasteiger partial charge is 0.273 e. The molecule has 8 heteroatoms. The van der Waals surface area contributed by atoms with E-state index in [0.29, 0.717) is 21.9 Å². The van der Waals surface area contributed by atoms with Gasteiger partial charge >= 0.3 is 5.69 Å². The van der Waals surface area contributed by atoms with Crippen molar-refractivity contribution < 1.29 is 0 Å². The van der Waals surface area contributed by atoms with Crippen molar-refractivity contribution in [3.05, 3.63) is 33.2 Å². The molecule has 0 aromatic carbocycles. The highest BCUT2D eigenvalue weighted by molar-refractivity contribution is 7.98. The third-order valence-electron chi connectivity index (χ3n) is 2.04. The first-order valence-corrected chi connectivity index (χ1v) is 6.17. The molecule has 0 saturated carbocycles. The zero-order chi connectivity index (χ0) is 12.4. The van der Waals surface area contributed by atoms with E-state index in [2.05, 4.69) is 20.2 Å². The van der Waals surface area contributed by atoms with Gasteiger partial charge in [0.2, 0.25) is 0 Å². The molecule has 0 radical (unpaired) electrons. The van der Waals surface area contributed by atoms with E-state index in [1.54, 1.807) is 13.1 Å². The van der Waals surface area contributed by atoms with Crippen LogP contribution in [0.15, 0.2) is 16.0 Å². The molecule has 0 fully saturated rings. The van der Waals surface area contributed by atoms with Gasteiger partial charge in [-0.05, 0) is 13.0 Å². The molecule has 0 saturated heterocycles. The van der Waals surface area contributed by atoms with Crippen LogP contribution in [0.3, 0.4) is 0 Å². The lowest BCUT2D eigenvalue weighted by Crippen LogP contribution is -2.12. The van der Waals surface area contributed by atoms with Gasteiger partial charge in [-0.1, -0.05) is 23.4 Å². The predicted octanol–water partition coefficient (Wildman–Crippen LogP) is 1.15. The number of nitrogens with zero attached hydrogens (tertiary/aromatic N) is 4. The van der Waals surface area contributed by atoms with Crippen LogP contribution in [-0.2, 0) is 12.8 Å². The molecule has 1 N–H and O–H groups in total. The fourth-order valence-electron chi connectivity index (χ4n) is 1.24. The summed E-state index contributed by atoms with van der Waals surface area (Å²) in [5, 5.41) is 7.25. The van der Waals surface area contributed by atoms with Gasteiger partial charge in [0.1, 0.15) is 11.0 Å². The number of aryl methyl sites for hydroxylation is 1. The number of aromatic nitrogens is 5. The standard InChI is InChI=1S/C9H10ClN5OS/c1-5-3-6(10)12-7(11-5)4-17-9-14-13-8(16)15(9)2/h3H,4H2,1-2H3,(H,13,16). The van der Waals surface area contributed by atoms with Gasteiger partial charge < -0.3 is 0 Å². The Morgan fingerprint density at radius 1 is 1.53 bits per heavy atom. The topological polar surface area (TPSA) is 76.5 Å². The maximum absolute atomic E-state index is 11.1. The maximum atomic E-state index is 11.1. The van der Waals surface area contributed by atoms with Crippen molar-refractivity contribution in [2.24, 2.45) is 7.05 Å². The summed E-state index contributed by atoms with van der Waals surface area (Å²) in [6, 6.07) is 1.69. The van der Waals surface area contributed by atoms with Crippen LogP contribution in [-0.4, -0.2) is 24.7 Å². The van der Waals surface area contributed by atoms with Gasteiger partial charge in [-0.3, -0.25) is 4.57 Å². The first-order valence-electron chi connectivity index (χ1n) is 4.80. The van der Waals surface area contributed by atoms with Gasteiger partial charge in [-0.15, -0.1) is 5.10 Å². The Hall–Kier alpha value is -1.34. The number of aromatic amines is 1. The molecule has 2 aromatic rings. The van der Waals surface area contributed by atoms with E-state index in [-0.39, 0.29) is 5.69 Å². The summed E-state index contributed by atoms with van der Waals surface area (Å²) in [5.74, 6) is 1.13. The summed E-state index contributed by atoms with van der Waals surface area (Å²) >= 11 is 7.21. The molecule has 0 unspecified atom stereocenters. The van der Waals surface area contributed by atoms with E-state index in [0.717, 1.165) is 5.69 Å². The Kier molecular flexibility index (Phi) is 3.49. The highest BCUT2D eigenvalue weighted by Gasteiger charge is 2.07. The molecule has 0 aliphatic carbocycles. The molecule has 6 nitrogen and oxygen atoms in total. The van der Waals surface area contributed by atoms with Gasteiger partial charge in [-0.25, -0.2) is 19.9 Å². The van der Waals surface area contributed by atoms with Crippen LogP contribution in [0, 0.1) is 6.92 Å². The zero-order valence-electron chi connectivity index (χ0n) is 9.27. The lowest BCUT2D eigenvalue weighted by atomic mass is 10.4. The number of nitrogens with one attached hydrogen (secondary N) is 1. The highest BCUT2D eigenvalue weighted by Crippen LogP contribution is 2.18. The summed E-state index contributed by atoms with van der Waals surface area (Å²) in [7, 11) is 1.65. The van der Waals surface area contributed by atoms with E-state index < -0.39 is 0 Å². The SMILES string of the molecule is Cc1cc(Cl)nc(CSc2n[nH]c(=O)n2C)n1. The van der Waals surface area contributed by atoms with E-state index >= 15 is 0 Å². The molecular formula is C9H10ClN5OS. The van der Waals surface area contributed by atoms with Crippen molar-refractivity contribution in [2.45, 2.75) is 17.8 Å². The Bertz CT molecular complexity index is 573. The number of H-pyrrole nitrogens is 1. The second-order valence-corrected chi connectivity index (χ2v) is 4.74. The van der Waals surface area contributed by atoms with Crippen LogP contribution in [0.25, 0.3) is 0 Å². The second kappa shape index (κ2) is 4.89. The number of hydrogen-bond donors (Lipinski definition) is 1. The van der Waals surface area contributed by atoms with Crippen LogP contribution in [0.1, 0.15) is 11.5 Å². The predicted molar refractivity (Wildman–Crippen MR) is 65.2 cm³/mol. The van der Waals surface area contributed by atoms with Crippen LogP contribution in [0.2, 0.25) is 5.15 Å². The Morgan fingerprint density at radius 2 is 2.29 bits per heavy atom. The summed E-state index contributed by atoms with van der Waals surface area (Å²) in [6.45, 7) is 1.85. The third kappa shape index (κ3) is 2.86. The zero-order valence-corrected chi connectivity index (χ0v) is 10.8. The molecular weight excluding hydrogens is 262 g/mol. The van der Waals surface area contributed by atoms with Crippen LogP contribution < -0.4 is 5.69 Å². The average Bonchev–Trinajstić information content (AvgIpc) is 2.56. The fourth-order valence-corrected chi connectivity index (χ4v) is 2.27. The first kappa shape index (κ1) is 12.1. The van der Waals surface area contributed by atoms with Crippen molar-refractivity contribution in [3.8, 4) is 0 Å². The minimum atomic E-state index is -0.240. The molecule has 0 amide bonds. The summed E-state index contributed by atoms with van der Waals surface area (Å²) in [4.78, 5) is 19.5. The molecule has 0 atom stereocenters. The van der Waals surface area contributed by atoms with E-state index in [1.807, 2.05) is 6.92 Å². The van der Waals surface area contributed by atoms with Gasteiger partial charge in [0.05, 0.1) is 5.75 Å². The molecule has 90 valence electrons. The molecule has 0 aliphatic heterocycles. The van der Waals surface area contributed by atoms with Gasteiger partial charge in [0.15, 0.2) is 5.16 Å². The quantitative estimate of drug-likeness (QED) is 0.669. The molecule has 2 rings (SSSR count). The van der Waals surface area contributed by atoms with Crippen molar-refractivity contribution >= 4 is 23.4 Å². The van der Waals surface area contributed by atoms with Gasteiger partial charge in [-0.2, -0.15) is 0 Å². The van der Waals surface area contributed by atoms with Crippen LogP contribution in [0.4, 0.5) is 0 Å². The minimum absolute atomic E-state index is 0.240. The number of thioether (sulfide) groups is 1. The second-order valence-electron chi connectivity index (χ2n) is 3.41. The molecule has 2 aromatic heterocycles. The third-order valence-corrected chi connectivity index (χ3v) is 3.26. The highest BCUT2D eigenvalue weighted by atomic mass is 35.5. The fraction of sp³-hybridized carbons (Fsp3) is 0.333. The lowest BCUT2D eigenvalue weighted by molar-refractivity contribution is 0.765. The molecule has 17 heavy (non-hydrogen) atoms. The summed E-state index contributed by atoms with van der Waals surface area (Å²) in [5.41, 5.74) is 0.576. The monoisotopic (exact) mass is 271 g/mol. The Morgan fingerprint density at radius 3 is 2.88 bits per heavy atom. The molecule has 0 spiro atoms. The van der Waals surface area contributed by atoms with E-state index in [1.165, 1.54) is 16.3 Å². The largest absolute Gasteiger partial charge is 0.343 e. The van der Waals surface area contributed by atoms with Crippen molar-refractivity contribution in [1.82, 2.24) is 24.7 Å². The number of rotatable bonds is 3.